The molecule has 1 saturated heterocycles. The van der Waals surface area contributed by atoms with Crippen LogP contribution in [0, 0.1) is 11.8 Å². The van der Waals surface area contributed by atoms with Crippen molar-refractivity contribution in [3.63, 3.8) is 0 Å². The molecule has 2 aliphatic heterocycles. The van der Waals surface area contributed by atoms with Crippen LogP contribution in [0.5, 0.6) is 0 Å². The Labute approximate surface area is 146 Å². The van der Waals surface area contributed by atoms with Gasteiger partial charge in [0.1, 0.15) is 0 Å². The van der Waals surface area contributed by atoms with E-state index < -0.39 is 0 Å². The van der Waals surface area contributed by atoms with E-state index in [9.17, 15) is 9.59 Å². The first-order valence-corrected chi connectivity index (χ1v) is 9.18. The van der Waals surface area contributed by atoms with Gasteiger partial charge in [-0.1, -0.05) is 26.0 Å². The smallest absolute Gasteiger partial charge is 0.246 e. The molecule has 0 radical (unpaired) electrons. The number of amides is 2. The molecule has 5 heteroatoms. The lowest BCUT2D eigenvalue weighted by atomic mass is 9.91. The van der Waals surface area contributed by atoms with Crippen molar-refractivity contribution in [1.29, 1.82) is 0 Å². The number of fused-ring (bicyclic) bond motifs is 1. The number of carbonyl (C=O) groups is 2. The second-order valence-electron chi connectivity index (χ2n) is 8.61. The lowest BCUT2D eigenvalue weighted by Crippen LogP contribution is -2.58. The summed E-state index contributed by atoms with van der Waals surface area (Å²) in [7, 11) is 0. The van der Waals surface area contributed by atoms with Crippen molar-refractivity contribution < 1.29 is 9.59 Å². The molecule has 0 aromatic rings. The predicted octanol–water partition coefficient (Wildman–Crippen LogP) is 2.73. The lowest BCUT2D eigenvalue weighted by molar-refractivity contribution is -0.167. The molecule has 2 aliphatic rings. The summed E-state index contributed by atoms with van der Waals surface area (Å²) in [5, 5.41) is 6.93. The zero-order valence-electron chi connectivity index (χ0n) is 16.0. The summed E-state index contributed by atoms with van der Waals surface area (Å²) in [6, 6.07) is 0.0218. The topological polar surface area (TPSA) is 52.7 Å². The molecule has 3 atom stereocenters. The van der Waals surface area contributed by atoms with Crippen molar-refractivity contribution in [3.8, 4) is 0 Å². The molecule has 0 aliphatic carbocycles. The fraction of sp³-hybridized carbons (Fsp3) is 0.789. The van der Waals surface area contributed by atoms with Gasteiger partial charge >= 0.3 is 0 Å². The van der Waals surface area contributed by atoms with Gasteiger partial charge in [0.05, 0.1) is 18.5 Å². The third kappa shape index (κ3) is 4.38. The van der Waals surface area contributed by atoms with Gasteiger partial charge in [0.25, 0.3) is 0 Å². The Morgan fingerprint density at radius 2 is 1.92 bits per heavy atom. The van der Waals surface area contributed by atoms with Crippen molar-refractivity contribution in [1.82, 2.24) is 15.3 Å². The van der Waals surface area contributed by atoms with Gasteiger partial charge in [0.15, 0.2) is 0 Å². The first-order valence-electron chi connectivity index (χ1n) is 9.18. The fourth-order valence-corrected chi connectivity index (χ4v) is 3.78. The van der Waals surface area contributed by atoms with Crippen molar-refractivity contribution in [2.75, 3.05) is 6.54 Å². The number of hydrazine groups is 1. The Hall–Kier alpha value is -1.36. The van der Waals surface area contributed by atoms with Crippen LogP contribution in [0.25, 0.3) is 0 Å². The molecule has 0 aromatic heterocycles. The fourth-order valence-electron chi connectivity index (χ4n) is 3.78. The van der Waals surface area contributed by atoms with Gasteiger partial charge in [-0.05, 0) is 46.5 Å². The molecule has 0 spiro atoms. The Balaban J connectivity index is 2.27. The van der Waals surface area contributed by atoms with E-state index in [1.165, 1.54) is 0 Å². The minimum Gasteiger partial charge on any atom is -0.309 e. The number of carbonyl (C=O) groups excluding carboxylic acids is 2. The van der Waals surface area contributed by atoms with Crippen molar-refractivity contribution >= 4 is 11.8 Å². The zero-order chi connectivity index (χ0) is 18.1. The lowest BCUT2D eigenvalue weighted by Gasteiger charge is -2.42. The number of nitrogens with one attached hydrogen (secondary N) is 1. The maximum Gasteiger partial charge on any atom is 0.246 e. The molecule has 0 aromatic carbocycles. The highest BCUT2D eigenvalue weighted by Crippen LogP contribution is 2.29. The van der Waals surface area contributed by atoms with E-state index in [1.54, 1.807) is 10.0 Å². The van der Waals surface area contributed by atoms with Crippen LogP contribution < -0.4 is 5.32 Å². The summed E-state index contributed by atoms with van der Waals surface area (Å²) in [5.41, 5.74) is -0.0607. The van der Waals surface area contributed by atoms with E-state index in [2.05, 4.69) is 52.9 Å². The van der Waals surface area contributed by atoms with Crippen LogP contribution in [0.3, 0.4) is 0 Å². The molecule has 1 fully saturated rings. The SMILES string of the molecule is CC(C)CC1C=CCN2C(=O)CCC(C(C)NC(C)(C)C)C(=O)N12. The molecule has 1 N–H and O–H groups in total. The van der Waals surface area contributed by atoms with Crippen LogP contribution in [-0.4, -0.2) is 46.0 Å². The standard InChI is InChI=1S/C19H33N3O2/c1-13(2)12-15-8-7-11-21-17(23)10-9-16(18(24)22(15)21)14(3)20-19(4,5)6/h7-8,13-16,20H,9-12H2,1-6H3. The predicted molar refractivity (Wildman–Crippen MR) is 96.0 cm³/mol. The van der Waals surface area contributed by atoms with Crippen LogP contribution in [0.4, 0.5) is 0 Å². The summed E-state index contributed by atoms with van der Waals surface area (Å²) < 4.78 is 0. The molecule has 0 saturated carbocycles. The van der Waals surface area contributed by atoms with E-state index >= 15 is 0 Å². The van der Waals surface area contributed by atoms with Crippen LogP contribution in [-0.2, 0) is 9.59 Å². The molecule has 3 unspecified atom stereocenters. The average Bonchev–Trinajstić information content (AvgIpc) is 2.55. The Morgan fingerprint density at radius 1 is 1.25 bits per heavy atom. The monoisotopic (exact) mass is 335 g/mol. The van der Waals surface area contributed by atoms with E-state index in [0.717, 1.165) is 6.42 Å². The Bertz CT molecular complexity index is 507. The van der Waals surface area contributed by atoms with Crippen LogP contribution in [0.1, 0.15) is 60.8 Å². The summed E-state index contributed by atoms with van der Waals surface area (Å²) in [5.74, 6) is 0.445. The molecule has 2 heterocycles. The van der Waals surface area contributed by atoms with Gasteiger partial charge < -0.3 is 5.32 Å². The van der Waals surface area contributed by atoms with E-state index in [0.29, 0.717) is 25.3 Å². The molecule has 2 amide bonds. The molecule has 2 rings (SSSR count). The van der Waals surface area contributed by atoms with Crippen LogP contribution in [0.15, 0.2) is 12.2 Å². The molecular weight excluding hydrogens is 302 g/mol. The molecule has 24 heavy (non-hydrogen) atoms. The first-order chi connectivity index (χ1) is 11.1. The summed E-state index contributed by atoms with van der Waals surface area (Å²) in [4.78, 5) is 25.9. The molecular formula is C19H33N3O2. The maximum atomic E-state index is 13.3. The summed E-state index contributed by atoms with van der Waals surface area (Å²) >= 11 is 0. The average molecular weight is 335 g/mol. The Kier molecular flexibility index (Phi) is 5.74. The van der Waals surface area contributed by atoms with Gasteiger partial charge in [-0.2, -0.15) is 0 Å². The first kappa shape index (κ1) is 19.0. The highest BCUT2D eigenvalue weighted by Gasteiger charge is 2.42. The van der Waals surface area contributed by atoms with Crippen LogP contribution >= 0.6 is 0 Å². The number of nitrogens with zero attached hydrogens (tertiary/aromatic N) is 2. The van der Waals surface area contributed by atoms with Crippen molar-refractivity contribution in [3.05, 3.63) is 12.2 Å². The summed E-state index contributed by atoms with van der Waals surface area (Å²) in [6.07, 6.45) is 6.03. The summed E-state index contributed by atoms with van der Waals surface area (Å²) in [6.45, 7) is 13.2. The second-order valence-corrected chi connectivity index (χ2v) is 8.61. The minimum absolute atomic E-state index is 0.0161. The van der Waals surface area contributed by atoms with Gasteiger partial charge in [-0.3, -0.25) is 9.59 Å². The van der Waals surface area contributed by atoms with Crippen LogP contribution in [0.2, 0.25) is 0 Å². The van der Waals surface area contributed by atoms with Gasteiger partial charge in [-0.25, -0.2) is 10.0 Å². The van der Waals surface area contributed by atoms with Gasteiger partial charge in [0, 0.05) is 18.0 Å². The normalized spacial score (nSPS) is 26.6. The van der Waals surface area contributed by atoms with Gasteiger partial charge in [0.2, 0.25) is 11.8 Å². The number of rotatable bonds is 4. The van der Waals surface area contributed by atoms with Gasteiger partial charge in [-0.15, -0.1) is 0 Å². The molecule has 136 valence electrons. The van der Waals surface area contributed by atoms with E-state index in [1.807, 2.05) is 6.08 Å². The van der Waals surface area contributed by atoms with E-state index in [-0.39, 0.29) is 35.4 Å². The van der Waals surface area contributed by atoms with E-state index in [4.69, 9.17) is 0 Å². The second kappa shape index (κ2) is 7.26. The van der Waals surface area contributed by atoms with Crippen molar-refractivity contribution in [2.45, 2.75) is 78.4 Å². The molecule has 0 bridgehead atoms. The highest BCUT2D eigenvalue weighted by molar-refractivity contribution is 5.87. The third-order valence-electron chi connectivity index (χ3n) is 4.69. The molecule has 5 nitrogen and oxygen atoms in total. The number of hydrogen-bond acceptors (Lipinski definition) is 3. The van der Waals surface area contributed by atoms with Crippen molar-refractivity contribution in [2.24, 2.45) is 11.8 Å². The zero-order valence-corrected chi connectivity index (χ0v) is 16.0. The highest BCUT2D eigenvalue weighted by atomic mass is 16.2. The third-order valence-corrected chi connectivity index (χ3v) is 4.69. The minimum atomic E-state index is -0.167. The number of hydrogen-bond donors (Lipinski definition) is 1. The quantitative estimate of drug-likeness (QED) is 0.804. The largest absolute Gasteiger partial charge is 0.309 e. The maximum absolute atomic E-state index is 13.3. The Morgan fingerprint density at radius 3 is 2.50 bits per heavy atom.